The number of anilines is 1. The van der Waals surface area contributed by atoms with Crippen LogP contribution in [0, 0.1) is 21.8 Å². The standard InChI is InChI=1S/C19H19ClFN3O3/c20-17-8-7-16(24(26)27)10-18(17)22-19(25)14-2-1-9-23(12-14)11-13-3-5-15(21)6-4-13/h3-8,10,14H,1-2,9,11-12H2,(H,22,25). The van der Waals surface area contributed by atoms with E-state index in [2.05, 4.69) is 10.2 Å². The molecule has 3 rings (SSSR count). The Bertz CT molecular complexity index is 845. The number of nitrogens with zero attached hydrogens (tertiary/aromatic N) is 2. The number of piperidine rings is 1. The summed E-state index contributed by atoms with van der Waals surface area (Å²) in [6.45, 7) is 2.07. The minimum atomic E-state index is -0.531. The number of halogens is 2. The number of nitrogens with one attached hydrogen (secondary N) is 1. The van der Waals surface area contributed by atoms with Crippen molar-refractivity contribution >= 4 is 28.9 Å². The average Bonchev–Trinajstić information content (AvgIpc) is 2.65. The number of likely N-dealkylation sites (tertiary alicyclic amines) is 1. The summed E-state index contributed by atoms with van der Waals surface area (Å²) in [5.41, 5.74) is 1.10. The molecule has 1 aliphatic heterocycles. The number of carbonyl (C=O) groups excluding carboxylic acids is 1. The highest BCUT2D eigenvalue weighted by Gasteiger charge is 2.26. The number of benzene rings is 2. The van der Waals surface area contributed by atoms with Gasteiger partial charge in [0, 0.05) is 25.2 Å². The van der Waals surface area contributed by atoms with Crippen LogP contribution in [0.15, 0.2) is 42.5 Å². The molecule has 2 aromatic carbocycles. The average molecular weight is 392 g/mol. The summed E-state index contributed by atoms with van der Waals surface area (Å²) in [6.07, 6.45) is 1.60. The lowest BCUT2D eigenvalue weighted by Gasteiger charge is -2.32. The molecule has 1 saturated heterocycles. The Morgan fingerprint density at radius 2 is 2.04 bits per heavy atom. The van der Waals surface area contributed by atoms with Gasteiger partial charge in [-0.2, -0.15) is 0 Å². The van der Waals surface area contributed by atoms with Crippen LogP contribution in [0.5, 0.6) is 0 Å². The summed E-state index contributed by atoms with van der Waals surface area (Å²) >= 11 is 6.05. The predicted molar refractivity (Wildman–Crippen MR) is 101 cm³/mol. The lowest BCUT2D eigenvalue weighted by atomic mass is 9.96. The minimum absolute atomic E-state index is 0.128. The monoisotopic (exact) mass is 391 g/mol. The number of rotatable bonds is 5. The van der Waals surface area contributed by atoms with Gasteiger partial charge in [0.05, 0.1) is 21.6 Å². The molecule has 1 heterocycles. The van der Waals surface area contributed by atoms with Crippen LogP contribution in [-0.2, 0) is 11.3 Å². The van der Waals surface area contributed by atoms with Crippen LogP contribution in [0.3, 0.4) is 0 Å². The fourth-order valence-corrected chi connectivity index (χ4v) is 3.38. The molecule has 0 aromatic heterocycles. The van der Waals surface area contributed by atoms with Gasteiger partial charge in [-0.1, -0.05) is 23.7 Å². The number of amides is 1. The van der Waals surface area contributed by atoms with Crippen molar-refractivity contribution in [2.45, 2.75) is 19.4 Å². The Morgan fingerprint density at radius 1 is 1.30 bits per heavy atom. The van der Waals surface area contributed by atoms with Gasteiger partial charge in [-0.25, -0.2) is 4.39 Å². The maximum atomic E-state index is 13.0. The maximum absolute atomic E-state index is 13.0. The first kappa shape index (κ1) is 19.3. The summed E-state index contributed by atoms with van der Waals surface area (Å²) in [7, 11) is 0. The van der Waals surface area contributed by atoms with Crippen molar-refractivity contribution in [3.63, 3.8) is 0 Å². The zero-order valence-electron chi connectivity index (χ0n) is 14.5. The Hall–Kier alpha value is -2.51. The summed E-state index contributed by atoms with van der Waals surface area (Å²) < 4.78 is 13.0. The predicted octanol–water partition coefficient (Wildman–Crippen LogP) is 4.24. The second-order valence-electron chi connectivity index (χ2n) is 6.61. The summed E-state index contributed by atoms with van der Waals surface area (Å²) in [6, 6.07) is 10.3. The highest BCUT2D eigenvalue weighted by molar-refractivity contribution is 6.33. The summed E-state index contributed by atoms with van der Waals surface area (Å²) in [5, 5.41) is 13.9. The topological polar surface area (TPSA) is 75.5 Å². The molecule has 0 bridgehead atoms. The molecule has 0 spiro atoms. The Labute approximate surface area is 161 Å². The Balaban J connectivity index is 1.64. The van der Waals surface area contributed by atoms with Crippen molar-refractivity contribution in [1.29, 1.82) is 0 Å². The van der Waals surface area contributed by atoms with Gasteiger partial charge in [0.2, 0.25) is 5.91 Å². The zero-order valence-corrected chi connectivity index (χ0v) is 15.3. The maximum Gasteiger partial charge on any atom is 0.271 e. The molecule has 1 atom stereocenters. The number of nitro benzene ring substituents is 1. The third-order valence-electron chi connectivity index (χ3n) is 4.61. The van der Waals surface area contributed by atoms with E-state index < -0.39 is 4.92 Å². The van der Waals surface area contributed by atoms with Crippen LogP contribution >= 0.6 is 11.6 Å². The van der Waals surface area contributed by atoms with E-state index in [9.17, 15) is 19.3 Å². The van der Waals surface area contributed by atoms with Crippen LogP contribution in [0.4, 0.5) is 15.8 Å². The van der Waals surface area contributed by atoms with Crippen molar-refractivity contribution < 1.29 is 14.1 Å². The molecule has 1 fully saturated rings. The van der Waals surface area contributed by atoms with Gasteiger partial charge in [0.1, 0.15) is 5.82 Å². The van der Waals surface area contributed by atoms with Crippen molar-refractivity contribution in [1.82, 2.24) is 4.90 Å². The Kier molecular flexibility index (Phi) is 6.03. The van der Waals surface area contributed by atoms with E-state index in [0.29, 0.717) is 13.1 Å². The van der Waals surface area contributed by atoms with Crippen LogP contribution in [-0.4, -0.2) is 28.8 Å². The molecule has 27 heavy (non-hydrogen) atoms. The van der Waals surface area contributed by atoms with E-state index in [1.807, 2.05) is 0 Å². The van der Waals surface area contributed by atoms with Gasteiger partial charge >= 0.3 is 0 Å². The van der Waals surface area contributed by atoms with E-state index >= 15 is 0 Å². The van der Waals surface area contributed by atoms with Crippen molar-refractivity contribution in [3.05, 3.63) is 69.0 Å². The summed E-state index contributed by atoms with van der Waals surface area (Å²) in [5.74, 6) is -0.723. The highest BCUT2D eigenvalue weighted by Crippen LogP contribution is 2.28. The first-order chi connectivity index (χ1) is 12.9. The molecule has 142 valence electrons. The zero-order chi connectivity index (χ0) is 19.4. The molecule has 0 aliphatic carbocycles. The number of hydrogen-bond acceptors (Lipinski definition) is 4. The van der Waals surface area contributed by atoms with Gasteiger partial charge in [0.15, 0.2) is 0 Å². The summed E-state index contributed by atoms with van der Waals surface area (Å²) in [4.78, 5) is 25.2. The fraction of sp³-hybridized carbons (Fsp3) is 0.316. The van der Waals surface area contributed by atoms with E-state index in [4.69, 9.17) is 11.6 Å². The number of hydrogen-bond donors (Lipinski definition) is 1. The van der Waals surface area contributed by atoms with E-state index in [-0.39, 0.29) is 34.0 Å². The second kappa shape index (κ2) is 8.45. The second-order valence-corrected chi connectivity index (χ2v) is 7.02. The van der Waals surface area contributed by atoms with Gasteiger partial charge < -0.3 is 5.32 Å². The first-order valence-corrected chi connectivity index (χ1v) is 9.02. The minimum Gasteiger partial charge on any atom is -0.324 e. The third kappa shape index (κ3) is 5.02. The fourth-order valence-electron chi connectivity index (χ4n) is 3.22. The molecule has 0 radical (unpaired) electrons. The van der Waals surface area contributed by atoms with Crippen LogP contribution < -0.4 is 5.32 Å². The third-order valence-corrected chi connectivity index (χ3v) is 4.94. The van der Waals surface area contributed by atoms with Crippen molar-refractivity contribution in [3.8, 4) is 0 Å². The van der Waals surface area contributed by atoms with Crippen molar-refractivity contribution in [2.75, 3.05) is 18.4 Å². The molecule has 1 unspecified atom stereocenters. The lowest BCUT2D eigenvalue weighted by molar-refractivity contribution is -0.384. The molecule has 1 aliphatic rings. The molecular formula is C19H19ClFN3O3. The molecule has 1 N–H and O–H groups in total. The first-order valence-electron chi connectivity index (χ1n) is 8.64. The van der Waals surface area contributed by atoms with Crippen LogP contribution in [0.2, 0.25) is 5.02 Å². The highest BCUT2D eigenvalue weighted by atomic mass is 35.5. The molecule has 8 heteroatoms. The van der Waals surface area contributed by atoms with Crippen molar-refractivity contribution in [2.24, 2.45) is 5.92 Å². The largest absolute Gasteiger partial charge is 0.324 e. The van der Waals surface area contributed by atoms with Crippen LogP contribution in [0.1, 0.15) is 18.4 Å². The van der Waals surface area contributed by atoms with E-state index in [1.54, 1.807) is 12.1 Å². The molecular weight excluding hydrogens is 373 g/mol. The van der Waals surface area contributed by atoms with Gasteiger partial charge in [-0.15, -0.1) is 0 Å². The Morgan fingerprint density at radius 3 is 2.74 bits per heavy atom. The van der Waals surface area contributed by atoms with E-state index in [1.165, 1.54) is 30.3 Å². The van der Waals surface area contributed by atoms with Gasteiger partial charge in [-0.05, 0) is 43.1 Å². The number of nitro groups is 1. The van der Waals surface area contributed by atoms with E-state index in [0.717, 1.165) is 24.9 Å². The van der Waals surface area contributed by atoms with Crippen LogP contribution in [0.25, 0.3) is 0 Å². The number of carbonyl (C=O) groups is 1. The van der Waals surface area contributed by atoms with Gasteiger partial charge in [0.25, 0.3) is 5.69 Å². The number of non-ortho nitro benzene ring substituents is 1. The molecule has 0 saturated carbocycles. The molecule has 6 nitrogen and oxygen atoms in total. The lowest BCUT2D eigenvalue weighted by Crippen LogP contribution is -2.40. The quantitative estimate of drug-likeness (QED) is 0.611. The van der Waals surface area contributed by atoms with Gasteiger partial charge in [-0.3, -0.25) is 19.8 Å². The normalized spacial score (nSPS) is 17.5. The SMILES string of the molecule is O=C(Nc1cc([N+](=O)[O-])ccc1Cl)C1CCCN(Cc2ccc(F)cc2)C1. The smallest absolute Gasteiger partial charge is 0.271 e. The molecule has 1 amide bonds. The molecule has 2 aromatic rings.